The van der Waals surface area contributed by atoms with Crippen molar-refractivity contribution in [2.75, 3.05) is 5.73 Å². The Hall–Kier alpha value is -1.79. The van der Waals surface area contributed by atoms with Crippen LogP contribution < -0.4 is 5.73 Å². The van der Waals surface area contributed by atoms with Gasteiger partial charge in [-0.1, -0.05) is 30.3 Å². The predicted octanol–water partition coefficient (Wildman–Crippen LogP) is 4.08. The molecule has 0 aliphatic heterocycles. The molecular formula is C16H18N2S. The molecule has 0 saturated heterocycles. The molecule has 0 unspecified atom stereocenters. The van der Waals surface area contributed by atoms with E-state index in [4.69, 9.17) is 11.0 Å². The zero-order valence-electron chi connectivity index (χ0n) is 11.1. The average Bonchev–Trinajstić information content (AvgIpc) is 2.70. The quantitative estimate of drug-likeness (QED) is 0.832. The number of nitrogen functional groups attached to an aromatic ring is 1. The third-order valence-electron chi connectivity index (χ3n) is 3.35. The number of nitriles is 1. The fraction of sp³-hybridized carbons (Fsp3) is 0.312. The number of nitrogens with zero attached hydrogens (tertiary/aromatic N) is 1. The highest BCUT2D eigenvalue weighted by atomic mass is 32.1. The van der Waals surface area contributed by atoms with Crippen LogP contribution in [-0.2, 0) is 12.8 Å². The first-order chi connectivity index (χ1) is 9.22. The van der Waals surface area contributed by atoms with Crippen molar-refractivity contribution in [3.8, 4) is 6.07 Å². The van der Waals surface area contributed by atoms with Gasteiger partial charge >= 0.3 is 0 Å². The van der Waals surface area contributed by atoms with E-state index in [1.807, 2.05) is 13.0 Å². The van der Waals surface area contributed by atoms with E-state index in [0.717, 1.165) is 24.8 Å². The van der Waals surface area contributed by atoms with Crippen LogP contribution in [-0.4, -0.2) is 0 Å². The van der Waals surface area contributed by atoms with Gasteiger partial charge in [-0.2, -0.15) is 5.26 Å². The van der Waals surface area contributed by atoms with E-state index in [2.05, 4.69) is 30.3 Å². The molecule has 1 aromatic carbocycles. The van der Waals surface area contributed by atoms with Gasteiger partial charge in [-0.25, -0.2) is 0 Å². The van der Waals surface area contributed by atoms with E-state index in [1.54, 1.807) is 11.3 Å². The molecule has 2 nitrogen and oxygen atoms in total. The molecule has 0 amide bonds. The molecular weight excluding hydrogens is 252 g/mol. The average molecular weight is 270 g/mol. The van der Waals surface area contributed by atoms with Crippen molar-refractivity contribution < 1.29 is 0 Å². The lowest BCUT2D eigenvalue weighted by molar-refractivity contribution is 0.738. The summed E-state index contributed by atoms with van der Waals surface area (Å²) in [4.78, 5) is 1.27. The Labute approximate surface area is 118 Å². The highest BCUT2D eigenvalue weighted by Crippen LogP contribution is 2.30. The SMILES string of the molecule is Cc1c(CCCCc2ccccc2)sc(N)c1C#N. The number of nitrogens with two attached hydrogens (primary N) is 1. The van der Waals surface area contributed by atoms with Crippen molar-refractivity contribution in [1.82, 2.24) is 0 Å². The summed E-state index contributed by atoms with van der Waals surface area (Å²) < 4.78 is 0. The van der Waals surface area contributed by atoms with Crippen LogP contribution in [0.15, 0.2) is 30.3 Å². The molecule has 0 fully saturated rings. The third kappa shape index (κ3) is 3.36. The van der Waals surface area contributed by atoms with Gasteiger partial charge in [0.1, 0.15) is 11.1 Å². The first kappa shape index (κ1) is 13.6. The Morgan fingerprint density at radius 1 is 1.16 bits per heavy atom. The Bertz CT molecular complexity index is 579. The van der Waals surface area contributed by atoms with Crippen LogP contribution >= 0.6 is 11.3 Å². The van der Waals surface area contributed by atoms with Crippen LogP contribution in [0.25, 0.3) is 0 Å². The molecule has 98 valence electrons. The number of thiophene rings is 1. The summed E-state index contributed by atoms with van der Waals surface area (Å²) in [5, 5.41) is 9.67. The second-order valence-electron chi connectivity index (χ2n) is 4.69. The van der Waals surface area contributed by atoms with Gasteiger partial charge in [0, 0.05) is 4.88 Å². The van der Waals surface area contributed by atoms with Crippen LogP contribution in [0.4, 0.5) is 5.00 Å². The molecule has 0 bridgehead atoms. The van der Waals surface area contributed by atoms with Gasteiger partial charge in [-0.3, -0.25) is 0 Å². The summed E-state index contributed by atoms with van der Waals surface area (Å²) in [7, 11) is 0. The van der Waals surface area contributed by atoms with E-state index in [-0.39, 0.29) is 0 Å². The lowest BCUT2D eigenvalue weighted by atomic mass is 10.0. The third-order valence-corrected chi connectivity index (χ3v) is 4.53. The zero-order chi connectivity index (χ0) is 13.7. The van der Waals surface area contributed by atoms with E-state index in [0.29, 0.717) is 10.6 Å². The van der Waals surface area contributed by atoms with E-state index < -0.39 is 0 Å². The molecule has 2 aromatic rings. The smallest absolute Gasteiger partial charge is 0.104 e. The van der Waals surface area contributed by atoms with Crippen molar-refractivity contribution in [2.45, 2.75) is 32.6 Å². The van der Waals surface area contributed by atoms with Crippen molar-refractivity contribution in [3.63, 3.8) is 0 Å². The molecule has 0 aliphatic carbocycles. The molecule has 0 saturated carbocycles. The molecule has 3 heteroatoms. The zero-order valence-corrected chi connectivity index (χ0v) is 12.0. The fourth-order valence-electron chi connectivity index (χ4n) is 2.22. The largest absolute Gasteiger partial charge is 0.389 e. The lowest BCUT2D eigenvalue weighted by Crippen LogP contribution is -1.89. The second-order valence-corrected chi connectivity index (χ2v) is 5.83. The predicted molar refractivity (Wildman–Crippen MR) is 81.3 cm³/mol. The summed E-state index contributed by atoms with van der Waals surface area (Å²) >= 11 is 1.57. The van der Waals surface area contributed by atoms with E-state index in [1.165, 1.54) is 16.9 Å². The summed E-state index contributed by atoms with van der Waals surface area (Å²) in [6.45, 7) is 2.00. The molecule has 1 aromatic heterocycles. The number of benzene rings is 1. The van der Waals surface area contributed by atoms with Crippen LogP contribution in [0.3, 0.4) is 0 Å². The summed E-state index contributed by atoms with van der Waals surface area (Å²) in [6.07, 6.45) is 4.45. The maximum Gasteiger partial charge on any atom is 0.104 e. The summed E-state index contributed by atoms with van der Waals surface area (Å²) in [6, 6.07) is 12.7. The van der Waals surface area contributed by atoms with Gasteiger partial charge in [-0.15, -0.1) is 11.3 Å². The maximum atomic E-state index is 9.01. The van der Waals surface area contributed by atoms with Gasteiger partial charge in [0.15, 0.2) is 0 Å². The van der Waals surface area contributed by atoms with Crippen molar-refractivity contribution in [3.05, 3.63) is 51.9 Å². The van der Waals surface area contributed by atoms with Gasteiger partial charge in [0.05, 0.1) is 5.56 Å². The molecule has 19 heavy (non-hydrogen) atoms. The number of rotatable bonds is 5. The van der Waals surface area contributed by atoms with Crippen LogP contribution in [0, 0.1) is 18.3 Å². The molecule has 0 aliphatic rings. The molecule has 0 spiro atoms. The highest BCUT2D eigenvalue weighted by Gasteiger charge is 2.11. The second kappa shape index (κ2) is 6.40. The Morgan fingerprint density at radius 3 is 2.47 bits per heavy atom. The Kier molecular flexibility index (Phi) is 4.59. The van der Waals surface area contributed by atoms with Crippen molar-refractivity contribution in [2.24, 2.45) is 0 Å². The van der Waals surface area contributed by atoms with Crippen LogP contribution in [0.2, 0.25) is 0 Å². The first-order valence-corrected chi connectivity index (χ1v) is 7.35. The van der Waals surface area contributed by atoms with Crippen LogP contribution in [0.5, 0.6) is 0 Å². The molecule has 1 heterocycles. The maximum absolute atomic E-state index is 9.01. The Balaban J connectivity index is 1.85. The van der Waals surface area contributed by atoms with Crippen molar-refractivity contribution in [1.29, 1.82) is 5.26 Å². The van der Waals surface area contributed by atoms with Gasteiger partial charge in [0.2, 0.25) is 0 Å². The fourth-order valence-corrected chi connectivity index (χ4v) is 3.29. The standard InChI is InChI=1S/C16H18N2S/c1-12-14(11-17)16(18)19-15(12)10-6-5-9-13-7-3-2-4-8-13/h2-4,7-8H,5-6,9-10,18H2,1H3. The first-order valence-electron chi connectivity index (χ1n) is 6.54. The molecule has 2 N–H and O–H groups in total. The number of unbranched alkanes of at least 4 members (excludes halogenated alkanes) is 1. The van der Waals surface area contributed by atoms with Crippen LogP contribution in [0.1, 0.15) is 34.4 Å². The monoisotopic (exact) mass is 270 g/mol. The van der Waals surface area contributed by atoms with Gasteiger partial charge in [0.25, 0.3) is 0 Å². The molecule has 2 rings (SSSR count). The van der Waals surface area contributed by atoms with E-state index >= 15 is 0 Å². The van der Waals surface area contributed by atoms with Crippen molar-refractivity contribution >= 4 is 16.3 Å². The minimum Gasteiger partial charge on any atom is -0.389 e. The number of anilines is 1. The van der Waals surface area contributed by atoms with Gasteiger partial charge < -0.3 is 5.73 Å². The number of hydrogen-bond donors (Lipinski definition) is 1. The minimum absolute atomic E-state index is 0.665. The lowest BCUT2D eigenvalue weighted by Gasteiger charge is -2.01. The number of hydrogen-bond acceptors (Lipinski definition) is 3. The highest BCUT2D eigenvalue weighted by molar-refractivity contribution is 7.16. The molecule has 0 atom stereocenters. The van der Waals surface area contributed by atoms with E-state index in [9.17, 15) is 0 Å². The molecule has 0 radical (unpaired) electrons. The topological polar surface area (TPSA) is 49.8 Å². The Morgan fingerprint density at radius 2 is 1.84 bits per heavy atom. The minimum atomic E-state index is 0.665. The summed E-state index contributed by atoms with van der Waals surface area (Å²) in [5.41, 5.74) is 8.98. The summed E-state index contributed by atoms with van der Waals surface area (Å²) in [5.74, 6) is 0. The number of aryl methyl sites for hydroxylation is 2. The normalized spacial score (nSPS) is 10.3. The van der Waals surface area contributed by atoms with Gasteiger partial charge in [-0.05, 0) is 43.7 Å².